The molecule has 1 aromatic rings. The number of rotatable bonds is 2. The van der Waals surface area contributed by atoms with Gasteiger partial charge in [0.25, 0.3) is 0 Å². The van der Waals surface area contributed by atoms with Crippen LogP contribution in [0.25, 0.3) is 0 Å². The molecule has 0 heterocycles. The Kier molecular flexibility index (Phi) is 3.74. The number of benzene rings is 1. The van der Waals surface area contributed by atoms with Crippen LogP contribution in [0.4, 0.5) is 0 Å². The molecule has 0 amide bonds. The van der Waals surface area contributed by atoms with Gasteiger partial charge >= 0.3 is 0 Å². The Labute approximate surface area is 77.2 Å². The number of carbonyl (C=O) groups excluding carboxylic acids is 1. The Morgan fingerprint density at radius 3 is 2.77 bits per heavy atom. The molecular formula is C11H10O2. The van der Waals surface area contributed by atoms with Crippen molar-refractivity contribution in [3.05, 3.63) is 35.4 Å². The zero-order valence-electron chi connectivity index (χ0n) is 7.16. The zero-order chi connectivity index (χ0) is 9.52. The molecule has 0 radical (unpaired) electrons. The van der Waals surface area contributed by atoms with Crippen molar-refractivity contribution in [1.82, 2.24) is 0 Å². The van der Waals surface area contributed by atoms with Crippen LogP contribution in [-0.2, 0) is 6.42 Å². The highest BCUT2D eigenvalue weighted by Gasteiger charge is 1.96. The van der Waals surface area contributed by atoms with Crippen molar-refractivity contribution in [2.45, 2.75) is 6.42 Å². The smallest absolute Gasteiger partial charge is 0.150 e. The van der Waals surface area contributed by atoms with E-state index in [2.05, 4.69) is 11.8 Å². The first-order valence-corrected chi connectivity index (χ1v) is 3.98. The van der Waals surface area contributed by atoms with Gasteiger partial charge in [-0.2, -0.15) is 0 Å². The molecule has 1 rings (SSSR count). The molecule has 0 aliphatic carbocycles. The van der Waals surface area contributed by atoms with Gasteiger partial charge in [-0.05, 0) is 5.56 Å². The molecule has 0 aromatic heterocycles. The monoisotopic (exact) mass is 174 g/mol. The van der Waals surface area contributed by atoms with E-state index in [0.717, 1.165) is 11.8 Å². The van der Waals surface area contributed by atoms with Gasteiger partial charge in [0.2, 0.25) is 0 Å². The van der Waals surface area contributed by atoms with Gasteiger partial charge in [0.15, 0.2) is 0 Å². The molecule has 2 heteroatoms. The summed E-state index contributed by atoms with van der Waals surface area (Å²) < 4.78 is 0. The molecule has 66 valence electrons. The van der Waals surface area contributed by atoms with Gasteiger partial charge < -0.3 is 5.11 Å². The minimum absolute atomic E-state index is 0.136. The van der Waals surface area contributed by atoms with Crippen LogP contribution >= 0.6 is 0 Å². The number of aliphatic hydroxyl groups excluding tert-OH is 1. The van der Waals surface area contributed by atoms with Gasteiger partial charge in [0.1, 0.15) is 12.9 Å². The maximum Gasteiger partial charge on any atom is 0.150 e. The molecule has 0 bridgehead atoms. The summed E-state index contributed by atoms with van der Waals surface area (Å²) in [6.07, 6.45) is 1.32. The number of carbonyl (C=O) groups is 1. The minimum Gasteiger partial charge on any atom is -0.384 e. The average molecular weight is 174 g/mol. The van der Waals surface area contributed by atoms with Crippen molar-refractivity contribution in [3.63, 3.8) is 0 Å². The van der Waals surface area contributed by atoms with Crippen molar-refractivity contribution in [3.8, 4) is 11.8 Å². The molecule has 0 unspecified atom stereocenters. The molecule has 1 N–H and O–H groups in total. The van der Waals surface area contributed by atoms with E-state index in [9.17, 15) is 4.79 Å². The molecule has 0 atom stereocenters. The average Bonchev–Trinajstić information content (AvgIpc) is 2.19. The third-order valence-electron chi connectivity index (χ3n) is 1.66. The molecule has 0 aliphatic rings. The maximum absolute atomic E-state index is 10.6. The van der Waals surface area contributed by atoms with Crippen LogP contribution in [0, 0.1) is 11.8 Å². The number of hydrogen-bond donors (Lipinski definition) is 1. The topological polar surface area (TPSA) is 37.3 Å². The van der Waals surface area contributed by atoms with Crippen LogP contribution in [0.1, 0.15) is 15.9 Å². The van der Waals surface area contributed by atoms with Gasteiger partial charge in [-0.3, -0.25) is 4.79 Å². The van der Waals surface area contributed by atoms with E-state index in [4.69, 9.17) is 5.11 Å². The summed E-state index contributed by atoms with van der Waals surface area (Å²) >= 11 is 0. The van der Waals surface area contributed by atoms with Crippen molar-refractivity contribution < 1.29 is 9.90 Å². The minimum atomic E-state index is -0.136. The van der Waals surface area contributed by atoms with Crippen LogP contribution in [0.15, 0.2) is 24.3 Å². The van der Waals surface area contributed by atoms with Gasteiger partial charge in [0, 0.05) is 12.0 Å². The number of hydrogen-bond acceptors (Lipinski definition) is 2. The van der Waals surface area contributed by atoms with Crippen LogP contribution in [0.2, 0.25) is 0 Å². The van der Waals surface area contributed by atoms with Crippen LogP contribution in [0.5, 0.6) is 0 Å². The predicted octanol–water partition coefficient (Wildman–Crippen LogP) is 1.04. The Morgan fingerprint density at radius 1 is 1.31 bits per heavy atom. The summed E-state index contributed by atoms with van der Waals surface area (Å²) in [6, 6.07) is 7.29. The summed E-state index contributed by atoms with van der Waals surface area (Å²) in [7, 11) is 0. The molecule has 0 fully saturated rings. The highest BCUT2D eigenvalue weighted by Crippen LogP contribution is 2.05. The van der Waals surface area contributed by atoms with Crippen molar-refractivity contribution in [2.24, 2.45) is 0 Å². The van der Waals surface area contributed by atoms with Crippen LogP contribution < -0.4 is 0 Å². The fourth-order valence-corrected chi connectivity index (χ4v) is 1.02. The quantitative estimate of drug-likeness (QED) is 0.537. The Bertz CT molecular complexity index is 345. The van der Waals surface area contributed by atoms with Crippen molar-refractivity contribution >= 4 is 6.29 Å². The molecule has 0 spiro atoms. The van der Waals surface area contributed by atoms with E-state index in [-0.39, 0.29) is 6.61 Å². The molecule has 0 aliphatic heterocycles. The third kappa shape index (κ3) is 2.73. The fraction of sp³-hybridized carbons (Fsp3) is 0.182. The van der Waals surface area contributed by atoms with Crippen molar-refractivity contribution in [1.29, 1.82) is 0 Å². The summed E-state index contributed by atoms with van der Waals surface area (Å²) in [4.78, 5) is 10.6. The van der Waals surface area contributed by atoms with E-state index < -0.39 is 0 Å². The van der Waals surface area contributed by atoms with E-state index in [1.807, 2.05) is 18.2 Å². The summed E-state index contributed by atoms with van der Waals surface area (Å²) in [5.74, 6) is 5.30. The van der Waals surface area contributed by atoms with Crippen LogP contribution in [-0.4, -0.2) is 18.0 Å². The normalized spacial score (nSPS) is 8.69. The number of aliphatic hydroxyl groups is 1. The molecule has 0 saturated carbocycles. The molecule has 0 saturated heterocycles. The first-order valence-electron chi connectivity index (χ1n) is 3.98. The molecule has 13 heavy (non-hydrogen) atoms. The zero-order valence-corrected chi connectivity index (χ0v) is 7.16. The Balaban J connectivity index is 2.81. The van der Waals surface area contributed by atoms with Gasteiger partial charge in [-0.1, -0.05) is 36.1 Å². The predicted molar refractivity (Wildman–Crippen MR) is 50.4 cm³/mol. The second-order valence-corrected chi connectivity index (χ2v) is 2.51. The Morgan fingerprint density at radius 2 is 2.08 bits per heavy atom. The van der Waals surface area contributed by atoms with Crippen molar-refractivity contribution in [2.75, 3.05) is 6.61 Å². The summed E-state index contributed by atoms with van der Waals surface area (Å²) in [5, 5.41) is 8.43. The van der Waals surface area contributed by atoms with Gasteiger partial charge in [0.05, 0.1) is 0 Å². The Hall–Kier alpha value is -1.59. The molecule has 2 nitrogen and oxygen atoms in total. The summed E-state index contributed by atoms with van der Waals surface area (Å²) in [6.45, 7) is -0.136. The second kappa shape index (κ2) is 5.13. The summed E-state index contributed by atoms with van der Waals surface area (Å²) in [5.41, 5.74) is 1.56. The van der Waals surface area contributed by atoms with Crippen LogP contribution in [0.3, 0.4) is 0 Å². The standard InChI is InChI=1S/C11H10O2/c12-8-4-3-6-10-5-1-2-7-11(10)9-13/h1-2,5,7,9,12H,6,8H2. The van der Waals surface area contributed by atoms with E-state index in [0.29, 0.717) is 12.0 Å². The van der Waals surface area contributed by atoms with E-state index >= 15 is 0 Å². The lowest BCUT2D eigenvalue weighted by Gasteiger charge is -1.97. The number of aldehydes is 1. The first-order chi connectivity index (χ1) is 6.38. The fourth-order valence-electron chi connectivity index (χ4n) is 1.02. The molecular weight excluding hydrogens is 164 g/mol. The lowest BCUT2D eigenvalue weighted by molar-refractivity contribution is 0.112. The highest BCUT2D eigenvalue weighted by molar-refractivity contribution is 5.77. The van der Waals surface area contributed by atoms with E-state index in [1.165, 1.54) is 0 Å². The lowest BCUT2D eigenvalue weighted by atomic mass is 10.1. The third-order valence-corrected chi connectivity index (χ3v) is 1.66. The second-order valence-electron chi connectivity index (χ2n) is 2.51. The van der Waals surface area contributed by atoms with Gasteiger partial charge in [-0.25, -0.2) is 0 Å². The maximum atomic E-state index is 10.6. The molecule has 1 aromatic carbocycles. The lowest BCUT2D eigenvalue weighted by Crippen LogP contribution is -1.90. The highest BCUT2D eigenvalue weighted by atomic mass is 16.2. The SMILES string of the molecule is O=Cc1ccccc1CC#CCO. The largest absolute Gasteiger partial charge is 0.384 e. The van der Waals surface area contributed by atoms with E-state index in [1.54, 1.807) is 6.07 Å². The first kappa shape index (κ1) is 9.50. The van der Waals surface area contributed by atoms with Gasteiger partial charge in [-0.15, -0.1) is 0 Å².